The number of hydrogen-bond acceptors (Lipinski definition) is 6. The third-order valence-corrected chi connectivity index (χ3v) is 5.66. The average molecular weight is 468 g/mol. The van der Waals surface area contributed by atoms with Gasteiger partial charge in [0.15, 0.2) is 0 Å². The van der Waals surface area contributed by atoms with Gasteiger partial charge < -0.3 is 9.47 Å². The first-order valence-electron chi connectivity index (χ1n) is 9.14. The molecule has 1 unspecified atom stereocenters. The maximum absolute atomic E-state index is 12.7. The van der Waals surface area contributed by atoms with Gasteiger partial charge in [-0.05, 0) is 48.8 Å². The molecule has 2 aromatic carbocycles. The van der Waals surface area contributed by atoms with E-state index in [-0.39, 0.29) is 13.2 Å². The zero-order valence-electron chi connectivity index (χ0n) is 16.1. The fourth-order valence-electron chi connectivity index (χ4n) is 3.06. The van der Waals surface area contributed by atoms with Crippen LogP contribution in [-0.4, -0.2) is 53.9 Å². The van der Waals surface area contributed by atoms with Gasteiger partial charge in [0.05, 0.1) is 16.1 Å². The number of rotatable bonds is 9. The molecule has 0 bridgehead atoms. The molecular formula is C21H19Cl2NO5S. The minimum absolute atomic E-state index is 0.0588. The summed E-state index contributed by atoms with van der Waals surface area (Å²) < 4.78 is 10.8. The first-order valence-corrected chi connectivity index (χ1v) is 11.3. The van der Waals surface area contributed by atoms with Crippen molar-refractivity contribution in [1.29, 1.82) is 0 Å². The lowest BCUT2D eigenvalue weighted by Gasteiger charge is -2.24. The number of carbonyl (C=O) groups excluding carboxylic acids is 3. The Balaban J connectivity index is 1.63. The Kier molecular flexibility index (Phi) is 7.64. The Morgan fingerprint density at radius 2 is 1.73 bits per heavy atom. The SMILES string of the molecule is CSCCC(C(=O)OCCOc1ccc(Cl)cc1Cl)N1C(=O)c2ccccc2C1=O. The number of nitrogens with zero attached hydrogens (tertiary/aromatic N) is 1. The van der Waals surface area contributed by atoms with E-state index in [0.29, 0.717) is 39.1 Å². The van der Waals surface area contributed by atoms with Crippen molar-refractivity contribution in [3.05, 3.63) is 63.6 Å². The number of amides is 2. The van der Waals surface area contributed by atoms with Crippen LogP contribution in [0.3, 0.4) is 0 Å². The largest absolute Gasteiger partial charge is 0.488 e. The summed E-state index contributed by atoms with van der Waals surface area (Å²) in [5, 5.41) is 0.828. The molecule has 30 heavy (non-hydrogen) atoms. The number of imide groups is 1. The highest BCUT2D eigenvalue weighted by Gasteiger charge is 2.43. The third-order valence-electron chi connectivity index (χ3n) is 4.48. The van der Waals surface area contributed by atoms with E-state index in [1.54, 1.807) is 42.5 Å². The molecule has 0 saturated carbocycles. The molecule has 1 heterocycles. The number of esters is 1. The number of carbonyl (C=O) groups is 3. The maximum atomic E-state index is 12.7. The molecule has 9 heteroatoms. The highest BCUT2D eigenvalue weighted by Crippen LogP contribution is 2.28. The van der Waals surface area contributed by atoms with Gasteiger partial charge in [-0.2, -0.15) is 11.8 Å². The standard InChI is InChI=1S/C21H19Cl2NO5S/c1-30-11-8-17(24-19(25)14-4-2-3-5-15(14)20(24)26)21(27)29-10-9-28-18-7-6-13(22)12-16(18)23/h2-7,12,17H,8-11H2,1H3. The quantitative estimate of drug-likeness (QED) is 0.310. The number of thioether (sulfide) groups is 1. The molecule has 6 nitrogen and oxygen atoms in total. The van der Waals surface area contributed by atoms with Crippen LogP contribution in [0.1, 0.15) is 27.1 Å². The van der Waals surface area contributed by atoms with Gasteiger partial charge in [-0.25, -0.2) is 4.79 Å². The second kappa shape index (κ2) is 10.2. The summed E-state index contributed by atoms with van der Waals surface area (Å²) in [5.74, 6) is -0.615. The Morgan fingerprint density at radius 1 is 1.07 bits per heavy atom. The Bertz CT molecular complexity index is 933. The number of halogens is 2. The predicted molar refractivity (Wildman–Crippen MR) is 117 cm³/mol. The lowest BCUT2D eigenvalue weighted by atomic mass is 10.1. The summed E-state index contributed by atoms with van der Waals surface area (Å²) in [6.07, 6.45) is 2.18. The summed E-state index contributed by atoms with van der Waals surface area (Å²) in [7, 11) is 0. The summed E-state index contributed by atoms with van der Waals surface area (Å²) in [6.45, 7) is 0.00118. The van der Waals surface area contributed by atoms with Gasteiger partial charge in [0, 0.05) is 5.02 Å². The Labute approximate surface area is 188 Å². The second-order valence-corrected chi connectivity index (χ2v) is 8.24. The van der Waals surface area contributed by atoms with Crippen molar-refractivity contribution in [3.8, 4) is 5.75 Å². The van der Waals surface area contributed by atoms with E-state index in [1.165, 1.54) is 11.8 Å². The molecule has 158 valence electrons. The lowest BCUT2D eigenvalue weighted by Crippen LogP contribution is -2.46. The van der Waals surface area contributed by atoms with Crippen LogP contribution in [0.2, 0.25) is 10.0 Å². The highest BCUT2D eigenvalue weighted by molar-refractivity contribution is 7.98. The van der Waals surface area contributed by atoms with Crippen molar-refractivity contribution in [2.45, 2.75) is 12.5 Å². The van der Waals surface area contributed by atoms with Crippen LogP contribution in [0.5, 0.6) is 5.75 Å². The van der Waals surface area contributed by atoms with E-state index >= 15 is 0 Å². The van der Waals surface area contributed by atoms with E-state index < -0.39 is 23.8 Å². The van der Waals surface area contributed by atoms with Crippen molar-refractivity contribution in [1.82, 2.24) is 4.90 Å². The zero-order chi connectivity index (χ0) is 21.7. The molecule has 1 aliphatic rings. The molecular weight excluding hydrogens is 449 g/mol. The van der Waals surface area contributed by atoms with Crippen LogP contribution in [-0.2, 0) is 9.53 Å². The number of fused-ring (bicyclic) bond motifs is 1. The van der Waals surface area contributed by atoms with E-state index in [0.717, 1.165) is 4.90 Å². The van der Waals surface area contributed by atoms with Gasteiger partial charge in [-0.15, -0.1) is 0 Å². The van der Waals surface area contributed by atoms with Crippen LogP contribution in [0.25, 0.3) is 0 Å². The van der Waals surface area contributed by atoms with Crippen molar-refractivity contribution in [2.75, 3.05) is 25.2 Å². The second-order valence-electron chi connectivity index (χ2n) is 6.41. The zero-order valence-corrected chi connectivity index (χ0v) is 18.4. The van der Waals surface area contributed by atoms with Gasteiger partial charge in [0.2, 0.25) is 0 Å². The smallest absolute Gasteiger partial charge is 0.329 e. The maximum Gasteiger partial charge on any atom is 0.329 e. The highest BCUT2D eigenvalue weighted by atomic mass is 35.5. The van der Waals surface area contributed by atoms with Gasteiger partial charge >= 0.3 is 5.97 Å². The Morgan fingerprint density at radius 3 is 2.33 bits per heavy atom. The first-order chi connectivity index (χ1) is 14.4. The van der Waals surface area contributed by atoms with Crippen molar-refractivity contribution >= 4 is 52.7 Å². The van der Waals surface area contributed by atoms with Crippen LogP contribution >= 0.6 is 35.0 Å². The molecule has 0 saturated heterocycles. The minimum atomic E-state index is -0.996. The molecule has 3 rings (SSSR count). The Hall–Kier alpha value is -2.22. The van der Waals surface area contributed by atoms with Gasteiger partial charge in [0.25, 0.3) is 11.8 Å². The van der Waals surface area contributed by atoms with Crippen LogP contribution < -0.4 is 4.74 Å². The van der Waals surface area contributed by atoms with Crippen LogP contribution in [0.4, 0.5) is 0 Å². The van der Waals surface area contributed by atoms with E-state index in [1.807, 2.05) is 6.26 Å². The first kappa shape index (κ1) is 22.5. The van der Waals surface area contributed by atoms with E-state index in [4.69, 9.17) is 32.7 Å². The molecule has 0 aromatic heterocycles. The van der Waals surface area contributed by atoms with Gasteiger partial charge in [-0.1, -0.05) is 35.3 Å². The van der Waals surface area contributed by atoms with Crippen LogP contribution in [0, 0.1) is 0 Å². The summed E-state index contributed by atoms with van der Waals surface area (Å²) in [5.41, 5.74) is 0.593. The third kappa shape index (κ3) is 4.91. The number of benzene rings is 2. The van der Waals surface area contributed by atoms with Crippen molar-refractivity contribution in [2.24, 2.45) is 0 Å². The predicted octanol–water partition coefficient (Wildman–Crippen LogP) is 4.33. The molecule has 1 atom stereocenters. The molecule has 0 spiro atoms. The fraction of sp³-hybridized carbons (Fsp3) is 0.286. The van der Waals surface area contributed by atoms with E-state index in [9.17, 15) is 14.4 Å². The number of ether oxygens (including phenoxy) is 2. The summed E-state index contributed by atoms with van der Waals surface area (Å²) in [6, 6.07) is 10.3. The topological polar surface area (TPSA) is 72.9 Å². The molecule has 0 fully saturated rings. The molecule has 0 N–H and O–H groups in total. The summed E-state index contributed by atoms with van der Waals surface area (Å²) in [4.78, 5) is 39.2. The fourth-order valence-corrected chi connectivity index (χ4v) is 3.98. The normalized spacial score (nSPS) is 13.9. The molecule has 0 radical (unpaired) electrons. The molecule has 0 aliphatic carbocycles. The monoisotopic (exact) mass is 467 g/mol. The van der Waals surface area contributed by atoms with E-state index in [2.05, 4.69) is 0 Å². The molecule has 1 aliphatic heterocycles. The van der Waals surface area contributed by atoms with Crippen LogP contribution in [0.15, 0.2) is 42.5 Å². The number of hydrogen-bond donors (Lipinski definition) is 0. The average Bonchev–Trinajstić information content (AvgIpc) is 2.98. The summed E-state index contributed by atoms with van der Waals surface area (Å²) >= 11 is 13.4. The lowest BCUT2D eigenvalue weighted by molar-refractivity contribution is -0.149. The molecule has 2 amide bonds. The van der Waals surface area contributed by atoms with Gasteiger partial charge in [-0.3, -0.25) is 14.5 Å². The molecule has 2 aromatic rings. The van der Waals surface area contributed by atoms with Crippen molar-refractivity contribution < 1.29 is 23.9 Å². The van der Waals surface area contributed by atoms with Gasteiger partial charge in [0.1, 0.15) is 25.0 Å². The van der Waals surface area contributed by atoms with Crippen molar-refractivity contribution in [3.63, 3.8) is 0 Å². The minimum Gasteiger partial charge on any atom is -0.488 e.